The molecule has 20 heavy (non-hydrogen) atoms. The summed E-state index contributed by atoms with van der Waals surface area (Å²) in [6.45, 7) is 6.46. The molecule has 0 amide bonds. The van der Waals surface area contributed by atoms with E-state index in [0.717, 1.165) is 18.3 Å². The first-order chi connectivity index (χ1) is 9.68. The molecular weight excluding hydrogens is 248 g/mol. The fourth-order valence-electron chi connectivity index (χ4n) is 4.28. The van der Waals surface area contributed by atoms with Crippen LogP contribution in [0.4, 0.5) is 0 Å². The smallest absolute Gasteiger partial charge is 0.0610 e. The topological polar surface area (TPSA) is 35.5 Å². The normalized spacial score (nSPS) is 33.3. The highest BCUT2D eigenvalue weighted by Gasteiger charge is 2.35. The average Bonchev–Trinajstić information content (AvgIpc) is 2.98. The maximum Gasteiger partial charge on any atom is 0.0610 e. The Labute approximate surface area is 124 Å². The standard InChI is InChI=1S/C17H32N2O/c1-17(13-20,18-16-7-8-16)9-2-3-10-19-11-14-5-4-6-15(14)12-19/h14-16,18,20H,2-13H2,1H3. The van der Waals surface area contributed by atoms with E-state index >= 15 is 0 Å². The van der Waals surface area contributed by atoms with Crippen LogP contribution in [0.15, 0.2) is 0 Å². The van der Waals surface area contributed by atoms with Gasteiger partial charge in [-0.05, 0) is 63.8 Å². The summed E-state index contributed by atoms with van der Waals surface area (Å²) in [4.78, 5) is 2.69. The molecule has 0 bridgehead atoms. The van der Waals surface area contributed by atoms with Gasteiger partial charge in [-0.1, -0.05) is 12.8 Å². The third kappa shape index (κ3) is 3.75. The third-order valence-electron chi connectivity index (χ3n) is 5.73. The SMILES string of the molecule is CC(CO)(CCCCN1CC2CCCC2C1)NC1CC1. The minimum Gasteiger partial charge on any atom is -0.394 e. The van der Waals surface area contributed by atoms with Crippen molar-refractivity contribution in [3.8, 4) is 0 Å². The maximum atomic E-state index is 9.61. The van der Waals surface area contributed by atoms with Crippen molar-refractivity contribution in [1.82, 2.24) is 10.2 Å². The summed E-state index contributed by atoms with van der Waals surface area (Å²) in [5.74, 6) is 2.04. The van der Waals surface area contributed by atoms with Gasteiger partial charge in [-0.15, -0.1) is 0 Å². The van der Waals surface area contributed by atoms with Crippen molar-refractivity contribution in [2.45, 2.75) is 69.9 Å². The van der Waals surface area contributed by atoms with E-state index in [0.29, 0.717) is 6.04 Å². The zero-order valence-corrected chi connectivity index (χ0v) is 13.1. The second-order valence-electron chi connectivity index (χ2n) is 7.81. The molecule has 3 unspecified atom stereocenters. The highest BCUT2D eigenvalue weighted by Crippen LogP contribution is 2.37. The lowest BCUT2D eigenvalue weighted by Crippen LogP contribution is -2.47. The third-order valence-corrected chi connectivity index (χ3v) is 5.73. The molecule has 2 aliphatic carbocycles. The molecule has 1 saturated heterocycles. The van der Waals surface area contributed by atoms with Gasteiger partial charge >= 0.3 is 0 Å². The molecule has 0 radical (unpaired) electrons. The van der Waals surface area contributed by atoms with Crippen LogP contribution in [0.5, 0.6) is 0 Å². The summed E-state index contributed by atoms with van der Waals surface area (Å²) in [5.41, 5.74) is -0.0390. The molecule has 3 heteroatoms. The van der Waals surface area contributed by atoms with E-state index in [-0.39, 0.29) is 12.1 Å². The van der Waals surface area contributed by atoms with Crippen molar-refractivity contribution in [2.75, 3.05) is 26.2 Å². The van der Waals surface area contributed by atoms with E-state index in [1.165, 1.54) is 64.6 Å². The van der Waals surface area contributed by atoms with E-state index in [4.69, 9.17) is 0 Å². The van der Waals surface area contributed by atoms with Crippen molar-refractivity contribution in [1.29, 1.82) is 0 Å². The molecule has 3 atom stereocenters. The van der Waals surface area contributed by atoms with Crippen LogP contribution in [0.3, 0.4) is 0 Å². The number of aliphatic hydroxyl groups is 1. The molecule has 0 aromatic carbocycles. The number of hydrogen-bond acceptors (Lipinski definition) is 3. The van der Waals surface area contributed by atoms with Crippen LogP contribution < -0.4 is 5.32 Å². The van der Waals surface area contributed by atoms with Gasteiger partial charge in [0.25, 0.3) is 0 Å². The van der Waals surface area contributed by atoms with Gasteiger partial charge < -0.3 is 15.3 Å². The second-order valence-corrected chi connectivity index (χ2v) is 7.81. The lowest BCUT2D eigenvalue weighted by molar-refractivity contribution is 0.159. The molecule has 2 N–H and O–H groups in total. The summed E-state index contributed by atoms with van der Waals surface area (Å²) in [6.07, 6.45) is 10.7. The maximum absolute atomic E-state index is 9.61. The summed E-state index contributed by atoms with van der Waals surface area (Å²) < 4.78 is 0. The van der Waals surface area contributed by atoms with Gasteiger partial charge in [-0.2, -0.15) is 0 Å². The number of aliphatic hydroxyl groups excluding tert-OH is 1. The molecule has 116 valence electrons. The van der Waals surface area contributed by atoms with Crippen molar-refractivity contribution in [3.05, 3.63) is 0 Å². The fraction of sp³-hybridized carbons (Fsp3) is 1.00. The first-order valence-corrected chi connectivity index (χ1v) is 8.79. The zero-order valence-electron chi connectivity index (χ0n) is 13.1. The molecular formula is C17H32N2O. The minimum absolute atomic E-state index is 0.0390. The van der Waals surface area contributed by atoms with Crippen molar-refractivity contribution in [3.63, 3.8) is 0 Å². The molecule has 3 nitrogen and oxygen atoms in total. The number of nitrogens with one attached hydrogen (secondary N) is 1. The quantitative estimate of drug-likeness (QED) is 0.670. The first kappa shape index (κ1) is 14.8. The van der Waals surface area contributed by atoms with Gasteiger partial charge in [-0.3, -0.25) is 0 Å². The molecule has 0 spiro atoms. The molecule has 3 aliphatic rings. The predicted octanol–water partition coefficient (Wildman–Crippen LogP) is 2.39. The zero-order chi connectivity index (χ0) is 14.0. The summed E-state index contributed by atoms with van der Waals surface area (Å²) in [7, 11) is 0. The van der Waals surface area contributed by atoms with Gasteiger partial charge in [0.05, 0.1) is 6.61 Å². The number of fused-ring (bicyclic) bond motifs is 1. The monoisotopic (exact) mass is 280 g/mol. The Hall–Kier alpha value is -0.120. The minimum atomic E-state index is -0.0390. The van der Waals surface area contributed by atoms with Gasteiger partial charge in [-0.25, -0.2) is 0 Å². The molecule has 0 aromatic rings. The van der Waals surface area contributed by atoms with E-state index in [1.54, 1.807) is 0 Å². The van der Waals surface area contributed by atoms with Crippen molar-refractivity contribution in [2.24, 2.45) is 11.8 Å². The Bertz CT molecular complexity index is 306. The first-order valence-electron chi connectivity index (χ1n) is 8.79. The Balaban J connectivity index is 1.31. The number of unbranched alkanes of at least 4 members (excludes halogenated alkanes) is 1. The van der Waals surface area contributed by atoms with Gasteiger partial charge in [0, 0.05) is 24.7 Å². The summed E-state index contributed by atoms with van der Waals surface area (Å²) >= 11 is 0. The lowest BCUT2D eigenvalue weighted by atomic mass is 9.95. The van der Waals surface area contributed by atoms with Gasteiger partial charge in [0.15, 0.2) is 0 Å². The van der Waals surface area contributed by atoms with Crippen LogP contribution in [0, 0.1) is 11.8 Å². The van der Waals surface area contributed by atoms with Gasteiger partial charge in [0.1, 0.15) is 0 Å². The van der Waals surface area contributed by atoms with Crippen LogP contribution >= 0.6 is 0 Å². The number of rotatable bonds is 8. The highest BCUT2D eigenvalue weighted by atomic mass is 16.3. The Morgan fingerprint density at radius 3 is 2.40 bits per heavy atom. The van der Waals surface area contributed by atoms with Crippen molar-refractivity contribution < 1.29 is 5.11 Å². The second kappa shape index (κ2) is 6.33. The molecule has 1 heterocycles. The summed E-state index contributed by atoms with van der Waals surface area (Å²) in [6, 6.07) is 0.685. The number of likely N-dealkylation sites (tertiary alicyclic amines) is 1. The van der Waals surface area contributed by atoms with Gasteiger partial charge in [0.2, 0.25) is 0 Å². The Morgan fingerprint density at radius 2 is 1.80 bits per heavy atom. The van der Waals surface area contributed by atoms with E-state index in [2.05, 4.69) is 17.1 Å². The number of hydrogen-bond donors (Lipinski definition) is 2. The van der Waals surface area contributed by atoms with Crippen LogP contribution in [0.2, 0.25) is 0 Å². The number of nitrogens with zero attached hydrogens (tertiary/aromatic N) is 1. The average molecular weight is 280 g/mol. The lowest BCUT2D eigenvalue weighted by Gasteiger charge is -2.29. The van der Waals surface area contributed by atoms with E-state index < -0.39 is 0 Å². The van der Waals surface area contributed by atoms with E-state index in [1.807, 2.05) is 0 Å². The molecule has 1 aliphatic heterocycles. The molecule has 0 aromatic heterocycles. The van der Waals surface area contributed by atoms with Crippen LogP contribution in [0.1, 0.15) is 58.3 Å². The van der Waals surface area contributed by atoms with Crippen LogP contribution in [0.25, 0.3) is 0 Å². The Kier molecular flexibility index (Phi) is 4.68. The van der Waals surface area contributed by atoms with Crippen LogP contribution in [-0.2, 0) is 0 Å². The fourth-order valence-corrected chi connectivity index (χ4v) is 4.28. The highest BCUT2D eigenvalue weighted by molar-refractivity contribution is 4.92. The summed E-state index contributed by atoms with van der Waals surface area (Å²) in [5, 5.41) is 13.2. The molecule has 2 saturated carbocycles. The molecule has 3 fully saturated rings. The van der Waals surface area contributed by atoms with E-state index in [9.17, 15) is 5.11 Å². The Morgan fingerprint density at radius 1 is 1.10 bits per heavy atom. The van der Waals surface area contributed by atoms with Crippen LogP contribution in [-0.4, -0.2) is 47.8 Å². The largest absolute Gasteiger partial charge is 0.394 e. The van der Waals surface area contributed by atoms with Crippen molar-refractivity contribution >= 4 is 0 Å². The molecule has 3 rings (SSSR count). The predicted molar refractivity (Wildman–Crippen MR) is 82.8 cm³/mol.